The standard InChI is InChI=1S/C13H15N2O3S.ClH/c1-10-13(5-6-16)19-9-14(10)8-11-3-2-4-12(7-11)15(17)18;/h2-4,7,9,16H,5-6,8H2,1H3;1H/q+1;/p-1. The van der Waals surface area contributed by atoms with Crippen LogP contribution in [0.5, 0.6) is 0 Å². The zero-order valence-corrected chi connectivity index (χ0v) is 12.5. The van der Waals surface area contributed by atoms with Crippen molar-refractivity contribution in [2.45, 2.75) is 19.9 Å². The normalized spacial score (nSPS) is 10.1. The van der Waals surface area contributed by atoms with Gasteiger partial charge in [0, 0.05) is 37.6 Å². The number of hydrogen-bond acceptors (Lipinski definition) is 4. The van der Waals surface area contributed by atoms with Gasteiger partial charge in [0.25, 0.3) is 5.69 Å². The van der Waals surface area contributed by atoms with E-state index < -0.39 is 0 Å². The zero-order valence-electron chi connectivity index (χ0n) is 11.0. The van der Waals surface area contributed by atoms with Crippen LogP contribution in [0.1, 0.15) is 16.1 Å². The number of aromatic nitrogens is 1. The van der Waals surface area contributed by atoms with E-state index in [1.54, 1.807) is 23.5 Å². The molecule has 0 amide bonds. The Morgan fingerprint density at radius 2 is 2.20 bits per heavy atom. The largest absolute Gasteiger partial charge is 1.00 e. The predicted molar refractivity (Wildman–Crippen MR) is 72.2 cm³/mol. The molecule has 1 N–H and O–H groups in total. The van der Waals surface area contributed by atoms with Gasteiger partial charge in [0.2, 0.25) is 5.51 Å². The number of aliphatic hydroxyl groups excluding tert-OH is 1. The van der Waals surface area contributed by atoms with Gasteiger partial charge in [-0.3, -0.25) is 10.1 Å². The van der Waals surface area contributed by atoms with Gasteiger partial charge in [-0.25, -0.2) is 0 Å². The van der Waals surface area contributed by atoms with Gasteiger partial charge in [0.1, 0.15) is 0 Å². The minimum atomic E-state index is -0.383. The SMILES string of the molecule is Cc1c(CCO)sc[n+]1Cc1cccc([N+](=O)[O-])c1.[Cl-]. The summed E-state index contributed by atoms with van der Waals surface area (Å²) in [6, 6.07) is 6.66. The highest BCUT2D eigenvalue weighted by atomic mass is 35.5. The van der Waals surface area contributed by atoms with Crippen molar-refractivity contribution in [1.29, 1.82) is 0 Å². The highest BCUT2D eigenvalue weighted by Crippen LogP contribution is 2.15. The predicted octanol–water partition coefficient (Wildman–Crippen LogP) is -1.16. The van der Waals surface area contributed by atoms with E-state index in [4.69, 9.17) is 5.11 Å². The fourth-order valence-corrected chi connectivity index (χ4v) is 2.90. The van der Waals surface area contributed by atoms with Gasteiger partial charge in [-0.2, -0.15) is 4.57 Å². The molecule has 0 bridgehead atoms. The van der Waals surface area contributed by atoms with Crippen molar-refractivity contribution >= 4 is 17.0 Å². The van der Waals surface area contributed by atoms with Gasteiger partial charge in [0.05, 0.1) is 9.80 Å². The molecule has 108 valence electrons. The van der Waals surface area contributed by atoms with Crippen LogP contribution in [0, 0.1) is 17.0 Å². The Labute approximate surface area is 127 Å². The van der Waals surface area contributed by atoms with Gasteiger partial charge >= 0.3 is 0 Å². The molecule has 1 aromatic heterocycles. The Kier molecular flexibility index (Phi) is 6.06. The van der Waals surface area contributed by atoms with Crippen LogP contribution >= 0.6 is 11.3 Å². The summed E-state index contributed by atoms with van der Waals surface area (Å²) in [6.07, 6.45) is 0.651. The summed E-state index contributed by atoms with van der Waals surface area (Å²) < 4.78 is 2.05. The van der Waals surface area contributed by atoms with E-state index in [2.05, 4.69) is 4.57 Å². The lowest BCUT2D eigenvalue weighted by Crippen LogP contribution is -3.00. The maximum atomic E-state index is 10.7. The molecule has 7 heteroatoms. The Balaban J connectivity index is 0.00000200. The lowest BCUT2D eigenvalue weighted by molar-refractivity contribution is -0.689. The first kappa shape index (κ1) is 16.6. The van der Waals surface area contributed by atoms with E-state index in [1.807, 2.05) is 18.5 Å². The summed E-state index contributed by atoms with van der Waals surface area (Å²) >= 11 is 1.60. The summed E-state index contributed by atoms with van der Waals surface area (Å²) in [6.45, 7) is 2.74. The summed E-state index contributed by atoms with van der Waals surface area (Å²) in [5.74, 6) is 0. The average Bonchev–Trinajstić information content (AvgIpc) is 2.72. The highest BCUT2D eigenvalue weighted by Gasteiger charge is 2.16. The molecule has 0 unspecified atom stereocenters. The number of nitrogens with zero attached hydrogens (tertiary/aromatic N) is 2. The van der Waals surface area contributed by atoms with Crippen LogP contribution in [-0.4, -0.2) is 16.6 Å². The van der Waals surface area contributed by atoms with Gasteiger partial charge in [0.15, 0.2) is 12.2 Å². The Morgan fingerprint density at radius 1 is 1.45 bits per heavy atom. The first-order valence-corrected chi connectivity index (χ1v) is 6.80. The molecule has 0 atom stereocenters. The Bertz CT molecular complexity index is 601. The number of hydrogen-bond donors (Lipinski definition) is 1. The smallest absolute Gasteiger partial charge is 0.269 e. The van der Waals surface area contributed by atoms with Crippen molar-refractivity contribution in [3.05, 3.63) is 56.0 Å². The van der Waals surface area contributed by atoms with E-state index in [0.29, 0.717) is 13.0 Å². The molecule has 2 rings (SSSR count). The number of non-ortho nitro benzene ring substituents is 1. The topological polar surface area (TPSA) is 67.2 Å². The minimum absolute atomic E-state index is 0. The van der Waals surface area contributed by atoms with Crippen molar-refractivity contribution in [3.63, 3.8) is 0 Å². The van der Waals surface area contributed by atoms with Crippen molar-refractivity contribution in [2.75, 3.05) is 6.61 Å². The Hall–Kier alpha value is -1.50. The number of nitro benzene ring substituents is 1. The van der Waals surface area contributed by atoms with Gasteiger partial charge in [-0.15, -0.1) is 0 Å². The minimum Gasteiger partial charge on any atom is -1.00 e. The molecule has 0 aliphatic rings. The van der Waals surface area contributed by atoms with Gasteiger partial charge in [-0.05, 0) is 0 Å². The van der Waals surface area contributed by atoms with Gasteiger partial charge < -0.3 is 17.5 Å². The molecule has 2 aromatic rings. The molecular weight excluding hydrogens is 300 g/mol. The molecule has 0 radical (unpaired) electrons. The molecule has 0 aliphatic heterocycles. The molecule has 1 aromatic carbocycles. The molecule has 20 heavy (non-hydrogen) atoms. The molecule has 0 fully saturated rings. The number of halogens is 1. The Morgan fingerprint density at radius 3 is 2.85 bits per heavy atom. The fraction of sp³-hybridized carbons (Fsp3) is 0.308. The zero-order chi connectivity index (χ0) is 13.8. The second-order valence-electron chi connectivity index (χ2n) is 4.26. The first-order valence-electron chi connectivity index (χ1n) is 5.92. The van der Waals surface area contributed by atoms with Crippen LogP contribution < -0.4 is 17.0 Å². The van der Waals surface area contributed by atoms with E-state index in [-0.39, 0.29) is 29.6 Å². The number of nitro groups is 1. The maximum absolute atomic E-state index is 10.7. The number of rotatable bonds is 5. The number of thiazole rings is 1. The molecule has 0 saturated carbocycles. The molecule has 0 spiro atoms. The van der Waals surface area contributed by atoms with Crippen LogP contribution in [0.2, 0.25) is 0 Å². The van der Waals surface area contributed by atoms with Crippen molar-refractivity contribution in [1.82, 2.24) is 0 Å². The van der Waals surface area contributed by atoms with Crippen molar-refractivity contribution < 1.29 is 27.0 Å². The molecular formula is C13H15ClN2O3S. The second kappa shape index (κ2) is 7.33. The second-order valence-corrected chi connectivity index (χ2v) is 5.20. The maximum Gasteiger partial charge on any atom is 0.269 e. The van der Waals surface area contributed by atoms with Crippen LogP contribution in [0.15, 0.2) is 29.8 Å². The number of aliphatic hydroxyl groups is 1. The third kappa shape index (κ3) is 3.75. The monoisotopic (exact) mass is 314 g/mol. The third-order valence-electron chi connectivity index (χ3n) is 2.97. The van der Waals surface area contributed by atoms with E-state index in [1.165, 1.54) is 6.07 Å². The lowest BCUT2D eigenvalue weighted by atomic mass is 10.2. The van der Waals surface area contributed by atoms with E-state index in [9.17, 15) is 10.1 Å². The lowest BCUT2D eigenvalue weighted by Gasteiger charge is -1.98. The fourth-order valence-electron chi connectivity index (χ4n) is 1.91. The van der Waals surface area contributed by atoms with Crippen LogP contribution in [0.25, 0.3) is 0 Å². The van der Waals surface area contributed by atoms with Crippen LogP contribution in [-0.2, 0) is 13.0 Å². The van der Waals surface area contributed by atoms with Crippen LogP contribution in [0.4, 0.5) is 5.69 Å². The number of benzene rings is 1. The molecule has 0 aliphatic carbocycles. The third-order valence-corrected chi connectivity index (χ3v) is 4.11. The summed E-state index contributed by atoms with van der Waals surface area (Å²) in [5.41, 5.74) is 4.10. The molecule has 0 saturated heterocycles. The average molecular weight is 315 g/mol. The highest BCUT2D eigenvalue weighted by molar-refractivity contribution is 7.09. The van der Waals surface area contributed by atoms with E-state index in [0.717, 1.165) is 16.1 Å². The summed E-state index contributed by atoms with van der Waals surface area (Å²) in [5, 5.41) is 19.7. The summed E-state index contributed by atoms with van der Waals surface area (Å²) in [7, 11) is 0. The van der Waals surface area contributed by atoms with Gasteiger partial charge in [-0.1, -0.05) is 23.5 Å². The molecule has 5 nitrogen and oxygen atoms in total. The van der Waals surface area contributed by atoms with Crippen LogP contribution in [0.3, 0.4) is 0 Å². The summed E-state index contributed by atoms with van der Waals surface area (Å²) in [4.78, 5) is 11.5. The first-order chi connectivity index (χ1) is 9.11. The van der Waals surface area contributed by atoms with E-state index >= 15 is 0 Å². The van der Waals surface area contributed by atoms with Crippen molar-refractivity contribution in [2.24, 2.45) is 0 Å². The quantitative estimate of drug-likeness (QED) is 0.430. The van der Waals surface area contributed by atoms with Crippen molar-refractivity contribution in [3.8, 4) is 0 Å². The molecule has 1 heterocycles.